The Labute approximate surface area is 122 Å². The summed E-state index contributed by atoms with van der Waals surface area (Å²) in [7, 11) is 0. The molecule has 0 atom stereocenters. The van der Waals surface area contributed by atoms with Crippen LogP contribution in [0.25, 0.3) is 21.9 Å². The normalized spacial score (nSPS) is 11.0. The molecule has 0 aliphatic rings. The summed E-state index contributed by atoms with van der Waals surface area (Å²) in [5.41, 5.74) is 2.91. The Morgan fingerprint density at radius 1 is 0.714 bits per heavy atom. The fraction of sp³-hybridized carbons (Fsp3) is 0.0526. The molecule has 21 heavy (non-hydrogen) atoms. The zero-order valence-corrected chi connectivity index (χ0v) is 11.5. The summed E-state index contributed by atoms with van der Waals surface area (Å²) >= 11 is 0. The minimum Gasteiger partial charge on any atom is -0.488 e. The molecule has 2 nitrogen and oxygen atoms in total. The third-order valence-corrected chi connectivity index (χ3v) is 3.60. The molecular formula is C19H14O2. The summed E-state index contributed by atoms with van der Waals surface area (Å²) in [4.78, 5) is 0. The molecule has 0 fully saturated rings. The molecule has 2 heteroatoms. The fourth-order valence-electron chi connectivity index (χ4n) is 2.60. The van der Waals surface area contributed by atoms with Gasteiger partial charge in [-0.3, -0.25) is 0 Å². The van der Waals surface area contributed by atoms with Gasteiger partial charge in [-0.2, -0.15) is 0 Å². The highest BCUT2D eigenvalue weighted by molar-refractivity contribution is 6.08. The Hall–Kier alpha value is -2.74. The number of ether oxygens (including phenoxy) is 1. The van der Waals surface area contributed by atoms with Crippen molar-refractivity contribution in [1.82, 2.24) is 0 Å². The van der Waals surface area contributed by atoms with Gasteiger partial charge in [0, 0.05) is 5.39 Å². The lowest BCUT2D eigenvalue weighted by molar-refractivity contribution is 0.310. The maximum Gasteiger partial charge on any atom is 0.139 e. The number of para-hydroxylation sites is 1. The molecule has 1 heterocycles. The molecular weight excluding hydrogens is 260 g/mol. The van der Waals surface area contributed by atoms with E-state index in [0.29, 0.717) is 6.61 Å². The van der Waals surface area contributed by atoms with Crippen LogP contribution >= 0.6 is 0 Å². The first kappa shape index (κ1) is 12.0. The van der Waals surface area contributed by atoms with Crippen LogP contribution < -0.4 is 4.74 Å². The molecule has 0 radical (unpaired) electrons. The van der Waals surface area contributed by atoms with E-state index >= 15 is 0 Å². The van der Waals surface area contributed by atoms with Crippen LogP contribution in [0.4, 0.5) is 0 Å². The quantitative estimate of drug-likeness (QED) is 0.514. The Bertz CT molecular complexity index is 891. The highest BCUT2D eigenvalue weighted by Crippen LogP contribution is 2.35. The van der Waals surface area contributed by atoms with Crippen molar-refractivity contribution in [3.8, 4) is 5.75 Å². The lowest BCUT2D eigenvalue weighted by Gasteiger charge is -2.07. The Morgan fingerprint density at radius 3 is 2.38 bits per heavy atom. The fourth-order valence-corrected chi connectivity index (χ4v) is 2.60. The lowest BCUT2D eigenvalue weighted by Crippen LogP contribution is -1.95. The van der Waals surface area contributed by atoms with Gasteiger partial charge >= 0.3 is 0 Å². The van der Waals surface area contributed by atoms with Crippen molar-refractivity contribution in [1.29, 1.82) is 0 Å². The standard InChI is InChI=1S/C19H14O2/c1-2-7-14(8-3-1)13-20-17-11-6-12-18-19(17)15-9-4-5-10-16(15)21-18/h1-12H,13H2. The maximum atomic E-state index is 6.01. The maximum absolute atomic E-state index is 6.01. The van der Waals surface area contributed by atoms with Gasteiger partial charge < -0.3 is 9.15 Å². The Kier molecular flexibility index (Phi) is 2.86. The summed E-state index contributed by atoms with van der Waals surface area (Å²) in [6, 6.07) is 24.2. The van der Waals surface area contributed by atoms with Crippen molar-refractivity contribution in [2.24, 2.45) is 0 Å². The second-order valence-electron chi connectivity index (χ2n) is 5.00. The van der Waals surface area contributed by atoms with Gasteiger partial charge in [-0.05, 0) is 23.8 Å². The van der Waals surface area contributed by atoms with Gasteiger partial charge in [0.2, 0.25) is 0 Å². The van der Waals surface area contributed by atoms with Crippen LogP contribution in [0.15, 0.2) is 77.2 Å². The minimum atomic E-state index is 0.555. The van der Waals surface area contributed by atoms with Gasteiger partial charge in [0.1, 0.15) is 23.5 Å². The van der Waals surface area contributed by atoms with E-state index in [4.69, 9.17) is 9.15 Å². The van der Waals surface area contributed by atoms with Crippen LogP contribution in [-0.2, 0) is 6.61 Å². The summed E-state index contributed by atoms with van der Waals surface area (Å²) < 4.78 is 11.9. The highest BCUT2D eigenvalue weighted by Gasteiger charge is 2.11. The number of benzene rings is 3. The van der Waals surface area contributed by atoms with Crippen molar-refractivity contribution in [2.75, 3.05) is 0 Å². The topological polar surface area (TPSA) is 22.4 Å². The molecule has 3 aromatic carbocycles. The van der Waals surface area contributed by atoms with Crippen LogP contribution in [0, 0.1) is 0 Å². The molecule has 0 unspecified atom stereocenters. The number of hydrogen-bond acceptors (Lipinski definition) is 2. The van der Waals surface area contributed by atoms with Gasteiger partial charge in [-0.15, -0.1) is 0 Å². The summed E-state index contributed by atoms with van der Waals surface area (Å²) in [5.74, 6) is 0.862. The first-order valence-corrected chi connectivity index (χ1v) is 6.99. The number of fused-ring (bicyclic) bond motifs is 3. The molecule has 4 rings (SSSR count). The van der Waals surface area contributed by atoms with Gasteiger partial charge in [0.15, 0.2) is 0 Å². The van der Waals surface area contributed by atoms with Crippen LogP contribution in [0.1, 0.15) is 5.56 Å². The van der Waals surface area contributed by atoms with Crippen LogP contribution in [0.3, 0.4) is 0 Å². The lowest BCUT2D eigenvalue weighted by atomic mass is 10.1. The molecule has 4 aromatic rings. The molecule has 0 N–H and O–H groups in total. The van der Waals surface area contributed by atoms with Gasteiger partial charge in [0.05, 0.1) is 5.39 Å². The first-order chi connectivity index (χ1) is 10.4. The van der Waals surface area contributed by atoms with Gasteiger partial charge in [-0.1, -0.05) is 54.6 Å². The van der Waals surface area contributed by atoms with E-state index in [0.717, 1.165) is 33.3 Å². The van der Waals surface area contributed by atoms with Crippen molar-refractivity contribution in [3.63, 3.8) is 0 Å². The minimum absolute atomic E-state index is 0.555. The van der Waals surface area contributed by atoms with Crippen molar-refractivity contribution < 1.29 is 9.15 Å². The van der Waals surface area contributed by atoms with Crippen LogP contribution in [0.2, 0.25) is 0 Å². The molecule has 0 amide bonds. The average Bonchev–Trinajstić information content (AvgIpc) is 2.93. The van der Waals surface area contributed by atoms with Crippen molar-refractivity contribution in [3.05, 3.63) is 78.4 Å². The second-order valence-corrected chi connectivity index (χ2v) is 5.00. The molecule has 0 spiro atoms. The number of hydrogen-bond donors (Lipinski definition) is 0. The molecule has 1 aromatic heterocycles. The number of furan rings is 1. The van der Waals surface area contributed by atoms with Crippen LogP contribution in [-0.4, -0.2) is 0 Å². The third-order valence-electron chi connectivity index (χ3n) is 3.60. The van der Waals surface area contributed by atoms with E-state index in [-0.39, 0.29) is 0 Å². The highest BCUT2D eigenvalue weighted by atomic mass is 16.5. The Morgan fingerprint density at radius 2 is 1.48 bits per heavy atom. The molecule has 0 saturated carbocycles. The summed E-state index contributed by atoms with van der Waals surface area (Å²) in [6.45, 7) is 0.555. The molecule has 0 saturated heterocycles. The van der Waals surface area contributed by atoms with E-state index in [1.165, 1.54) is 0 Å². The van der Waals surface area contributed by atoms with Crippen LogP contribution in [0.5, 0.6) is 5.75 Å². The van der Waals surface area contributed by atoms with Crippen molar-refractivity contribution >= 4 is 21.9 Å². The van der Waals surface area contributed by atoms with E-state index in [1.54, 1.807) is 0 Å². The average molecular weight is 274 g/mol. The van der Waals surface area contributed by atoms with Gasteiger partial charge in [0.25, 0.3) is 0 Å². The number of rotatable bonds is 3. The zero-order valence-electron chi connectivity index (χ0n) is 11.5. The van der Waals surface area contributed by atoms with E-state index < -0.39 is 0 Å². The second kappa shape index (κ2) is 4.98. The SMILES string of the molecule is c1ccc(COc2cccc3oc4ccccc4c23)cc1. The predicted octanol–water partition coefficient (Wildman–Crippen LogP) is 5.17. The van der Waals surface area contributed by atoms with E-state index in [2.05, 4.69) is 18.2 Å². The van der Waals surface area contributed by atoms with E-state index in [9.17, 15) is 0 Å². The molecule has 0 aliphatic heterocycles. The largest absolute Gasteiger partial charge is 0.488 e. The summed E-state index contributed by atoms with van der Waals surface area (Å²) in [6.07, 6.45) is 0. The van der Waals surface area contributed by atoms with E-state index in [1.807, 2.05) is 54.6 Å². The first-order valence-electron chi connectivity index (χ1n) is 6.99. The predicted molar refractivity (Wildman–Crippen MR) is 84.5 cm³/mol. The third kappa shape index (κ3) is 2.15. The Balaban J connectivity index is 1.78. The molecule has 0 bridgehead atoms. The zero-order chi connectivity index (χ0) is 14.1. The molecule has 0 aliphatic carbocycles. The monoisotopic (exact) mass is 274 g/mol. The van der Waals surface area contributed by atoms with Crippen molar-refractivity contribution in [2.45, 2.75) is 6.61 Å². The smallest absolute Gasteiger partial charge is 0.139 e. The molecule has 102 valence electrons. The van der Waals surface area contributed by atoms with Gasteiger partial charge in [-0.25, -0.2) is 0 Å². The summed E-state index contributed by atoms with van der Waals surface area (Å²) in [5, 5.41) is 2.14.